The summed E-state index contributed by atoms with van der Waals surface area (Å²) in [7, 11) is 1.91. The van der Waals surface area contributed by atoms with Gasteiger partial charge < -0.3 is 19.5 Å². The standard InChI is InChI=1S/C13H19NO3/c1-3-10-4-5-11-13(17-9-8-15-11)12(10)16-7-6-14-2/h4-5,14H,3,6-9H2,1-2H3. The van der Waals surface area contributed by atoms with Crippen LogP contribution < -0.4 is 19.5 Å². The summed E-state index contributed by atoms with van der Waals surface area (Å²) >= 11 is 0. The van der Waals surface area contributed by atoms with Gasteiger partial charge in [0, 0.05) is 6.54 Å². The van der Waals surface area contributed by atoms with Gasteiger partial charge in [-0.15, -0.1) is 0 Å². The Labute approximate surface area is 102 Å². The molecule has 1 heterocycles. The third-order valence-corrected chi connectivity index (χ3v) is 2.72. The molecular weight excluding hydrogens is 218 g/mol. The lowest BCUT2D eigenvalue weighted by atomic mass is 10.1. The maximum atomic E-state index is 5.80. The first-order valence-electron chi connectivity index (χ1n) is 6.05. The molecule has 17 heavy (non-hydrogen) atoms. The summed E-state index contributed by atoms with van der Waals surface area (Å²) in [5.74, 6) is 2.37. The van der Waals surface area contributed by atoms with E-state index in [1.807, 2.05) is 19.2 Å². The minimum absolute atomic E-state index is 0.586. The van der Waals surface area contributed by atoms with E-state index in [0.717, 1.165) is 35.8 Å². The van der Waals surface area contributed by atoms with Gasteiger partial charge in [-0.05, 0) is 25.1 Å². The van der Waals surface area contributed by atoms with E-state index in [-0.39, 0.29) is 0 Å². The lowest BCUT2D eigenvalue weighted by molar-refractivity contribution is 0.161. The monoisotopic (exact) mass is 237 g/mol. The molecule has 0 spiro atoms. The first-order chi connectivity index (χ1) is 8.36. The summed E-state index contributed by atoms with van der Waals surface area (Å²) in [5, 5.41) is 3.06. The highest BCUT2D eigenvalue weighted by atomic mass is 16.6. The van der Waals surface area contributed by atoms with Crippen LogP contribution in [0.15, 0.2) is 12.1 Å². The van der Waals surface area contributed by atoms with Gasteiger partial charge in [0.05, 0.1) is 0 Å². The van der Waals surface area contributed by atoms with E-state index in [1.54, 1.807) is 0 Å². The molecule has 1 aromatic carbocycles. The molecule has 1 aliphatic heterocycles. The molecule has 0 amide bonds. The minimum atomic E-state index is 0.586. The molecule has 4 heteroatoms. The molecule has 0 bridgehead atoms. The summed E-state index contributed by atoms with van der Waals surface area (Å²) in [6.07, 6.45) is 0.922. The number of ether oxygens (including phenoxy) is 3. The molecule has 0 saturated carbocycles. The normalized spacial score (nSPS) is 13.5. The second kappa shape index (κ2) is 5.77. The predicted octanol–water partition coefficient (Wildman–Crippen LogP) is 1.62. The van der Waals surface area contributed by atoms with Crippen molar-refractivity contribution in [1.82, 2.24) is 5.32 Å². The van der Waals surface area contributed by atoms with Gasteiger partial charge in [-0.3, -0.25) is 0 Å². The third kappa shape index (κ3) is 2.64. The molecule has 1 N–H and O–H groups in total. The van der Waals surface area contributed by atoms with Gasteiger partial charge in [-0.25, -0.2) is 0 Å². The second-order valence-electron chi connectivity index (χ2n) is 3.88. The minimum Gasteiger partial charge on any atom is -0.488 e. The molecule has 0 radical (unpaired) electrons. The van der Waals surface area contributed by atoms with Crippen molar-refractivity contribution < 1.29 is 14.2 Å². The molecule has 0 saturated heterocycles. The van der Waals surface area contributed by atoms with Crippen LogP contribution in [-0.4, -0.2) is 33.4 Å². The van der Waals surface area contributed by atoms with E-state index in [4.69, 9.17) is 14.2 Å². The first kappa shape index (κ1) is 12.0. The summed E-state index contributed by atoms with van der Waals surface area (Å²) < 4.78 is 17.0. The number of aryl methyl sites for hydroxylation is 1. The summed E-state index contributed by atoms with van der Waals surface area (Å²) in [4.78, 5) is 0. The highest BCUT2D eigenvalue weighted by Crippen LogP contribution is 2.41. The van der Waals surface area contributed by atoms with Crippen molar-refractivity contribution in [3.8, 4) is 17.2 Å². The van der Waals surface area contributed by atoms with Crippen LogP contribution in [0.4, 0.5) is 0 Å². The molecule has 94 valence electrons. The maximum Gasteiger partial charge on any atom is 0.203 e. The van der Waals surface area contributed by atoms with E-state index in [0.29, 0.717) is 19.8 Å². The molecule has 0 aliphatic carbocycles. The van der Waals surface area contributed by atoms with E-state index in [1.165, 1.54) is 0 Å². The number of hydrogen-bond acceptors (Lipinski definition) is 4. The fraction of sp³-hybridized carbons (Fsp3) is 0.538. The van der Waals surface area contributed by atoms with E-state index in [9.17, 15) is 0 Å². The van der Waals surface area contributed by atoms with E-state index >= 15 is 0 Å². The Morgan fingerprint density at radius 3 is 2.88 bits per heavy atom. The Morgan fingerprint density at radius 1 is 1.29 bits per heavy atom. The molecule has 0 atom stereocenters. The van der Waals surface area contributed by atoms with Crippen molar-refractivity contribution in [2.75, 3.05) is 33.4 Å². The summed E-state index contributed by atoms with van der Waals surface area (Å²) in [5.41, 5.74) is 1.16. The molecule has 1 aliphatic rings. The van der Waals surface area contributed by atoms with Crippen molar-refractivity contribution in [2.24, 2.45) is 0 Å². The van der Waals surface area contributed by atoms with Gasteiger partial charge in [-0.2, -0.15) is 0 Å². The first-order valence-corrected chi connectivity index (χ1v) is 6.05. The highest BCUT2D eigenvalue weighted by Gasteiger charge is 2.19. The van der Waals surface area contributed by atoms with Crippen molar-refractivity contribution in [3.63, 3.8) is 0 Å². The van der Waals surface area contributed by atoms with Crippen molar-refractivity contribution in [3.05, 3.63) is 17.7 Å². The van der Waals surface area contributed by atoms with Crippen molar-refractivity contribution >= 4 is 0 Å². The number of fused-ring (bicyclic) bond motifs is 1. The Kier molecular flexibility index (Phi) is 4.09. The van der Waals surface area contributed by atoms with Crippen LogP contribution in [0.5, 0.6) is 17.2 Å². The topological polar surface area (TPSA) is 39.7 Å². The van der Waals surface area contributed by atoms with Crippen LogP contribution in [0.1, 0.15) is 12.5 Å². The lowest BCUT2D eigenvalue weighted by Gasteiger charge is -2.22. The molecule has 0 unspecified atom stereocenters. The van der Waals surface area contributed by atoms with Crippen LogP contribution in [0.3, 0.4) is 0 Å². The number of nitrogens with one attached hydrogen (secondary N) is 1. The summed E-state index contributed by atoms with van der Waals surface area (Å²) in [6.45, 7) is 4.74. The van der Waals surface area contributed by atoms with Gasteiger partial charge in [0.1, 0.15) is 19.8 Å². The van der Waals surface area contributed by atoms with Crippen molar-refractivity contribution in [2.45, 2.75) is 13.3 Å². The van der Waals surface area contributed by atoms with Crippen LogP contribution >= 0.6 is 0 Å². The van der Waals surface area contributed by atoms with Crippen molar-refractivity contribution in [1.29, 1.82) is 0 Å². The van der Waals surface area contributed by atoms with Gasteiger partial charge in [0.15, 0.2) is 11.5 Å². The van der Waals surface area contributed by atoms with E-state index < -0.39 is 0 Å². The number of hydrogen-bond donors (Lipinski definition) is 1. The van der Waals surface area contributed by atoms with E-state index in [2.05, 4.69) is 12.2 Å². The van der Waals surface area contributed by atoms with Gasteiger partial charge in [0.2, 0.25) is 5.75 Å². The molecule has 2 rings (SSSR count). The highest BCUT2D eigenvalue weighted by molar-refractivity contribution is 5.56. The average Bonchev–Trinajstić information content (AvgIpc) is 2.39. The smallest absolute Gasteiger partial charge is 0.203 e. The molecule has 0 fully saturated rings. The molecular formula is C13H19NO3. The SMILES string of the molecule is CCc1ccc2c(c1OCCNC)OCCO2. The lowest BCUT2D eigenvalue weighted by Crippen LogP contribution is -2.19. The molecule has 1 aromatic rings. The Morgan fingerprint density at radius 2 is 2.12 bits per heavy atom. The second-order valence-corrected chi connectivity index (χ2v) is 3.88. The third-order valence-electron chi connectivity index (χ3n) is 2.72. The summed E-state index contributed by atoms with van der Waals surface area (Å²) in [6, 6.07) is 4.00. The predicted molar refractivity (Wildman–Crippen MR) is 66.2 cm³/mol. The van der Waals surface area contributed by atoms with Gasteiger partial charge in [-0.1, -0.05) is 13.0 Å². The van der Waals surface area contributed by atoms with Crippen LogP contribution in [-0.2, 0) is 6.42 Å². The van der Waals surface area contributed by atoms with Crippen LogP contribution in [0.2, 0.25) is 0 Å². The fourth-order valence-electron chi connectivity index (χ4n) is 1.82. The Hall–Kier alpha value is -1.42. The Bertz CT molecular complexity index is 379. The van der Waals surface area contributed by atoms with Gasteiger partial charge in [0.25, 0.3) is 0 Å². The quantitative estimate of drug-likeness (QED) is 0.790. The zero-order valence-electron chi connectivity index (χ0n) is 10.4. The van der Waals surface area contributed by atoms with Crippen LogP contribution in [0.25, 0.3) is 0 Å². The number of rotatable bonds is 5. The molecule has 4 nitrogen and oxygen atoms in total. The maximum absolute atomic E-state index is 5.80. The fourth-order valence-corrected chi connectivity index (χ4v) is 1.82. The zero-order chi connectivity index (χ0) is 12.1. The number of likely N-dealkylation sites (N-methyl/N-ethyl adjacent to an activating group) is 1. The van der Waals surface area contributed by atoms with Gasteiger partial charge >= 0.3 is 0 Å². The average molecular weight is 237 g/mol. The number of benzene rings is 1. The zero-order valence-corrected chi connectivity index (χ0v) is 10.4. The largest absolute Gasteiger partial charge is 0.488 e. The Balaban J connectivity index is 2.24. The van der Waals surface area contributed by atoms with Crippen LogP contribution in [0, 0.1) is 0 Å². The molecule has 0 aromatic heterocycles.